The number of anilines is 2. The summed E-state index contributed by atoms with van der Waals surface area (Å²) >= 11 is 0. The summed E-state index contributed by atoms with van der Waals surface area (Å²) in [5, 5.41) is 16.7. The fourth-order valence-corrected chi connectivity index (χ4v) is 4.14. The number of nitrogens with zero attached hydrogens (tertiary/aromatic N) is 5. The molecule has 2 amide bonds. The van der Waals surface area contributed by atoms with E-state index < -0.39 is 30.1 Å². The summed E-state index contributed by atoms with van der Waals surface area (Å²) in [4.78, 5) is 20.3. The molecule has 1 aromatic carbocycles. The van der Waals surface area contributed by atoms with Crippen LogP contribution >= 0.6 is 0 Å². The highest BCUT2D eigenvalue weighted by Crippen LogP contribution is 2.37. The summed E-state index contributed by atoms with van der Waals surface area (Å²) in [5.74, 6) is -0.434. The molecule has 0 spiro atoms. The van der Waals surface area contributed by atoms with Crippen molar-refractivity contribution in [3.8, 4) is 0 Å². The first-order chi connectivity index (χ1) is 15.7. The molecule has 4 heterocycles. The van der Waals surface area contributed by atoms with E-state index in [1.807, 2.05) is 4.90 Å². The number of hydrogen-bond donors (Lipinski definition) is 2. The molecule has 10 heteroatoms. The first kappa shape index (κ1) is 17.4. The third kappa shape index (κ3) is 3.67. The van der Waals surface area contributed by atoms with E-state index in [1.54, 1.807) is 12.3 Å². The molecule has 2 saturated heterocycles. The molecule has 2 fully saturated rings. The van der Waals surface area contributed by atoms with Gasteiger partial charge in [-0.15, -0.1) is 0 Å². The van der Waals surface area contributed by atoms with Gasteiger partial charge in [-0.2, -0.15) is 5.10 Å². The van der Waals surface area contributed by atoms with Gasteiger partial charge in [0.2, 0.25) is 0 Å². The number of rotatable bonds is 3. The molecule has 2 aromatic heterocycles. The average Bonchev–Trinajstić information content (AvgIpc) is 3.48. The molecule has 2 aliphatic heterocycles. The van der Waals surface area contributed by atoms with Crippen LogP contribution in [0.5, 0.6) is 0 Å². The number of carbonyl (C=O) groups is 1. The monoisotopic (exact) mass is 430 g/mol. The van der Waals surface area contributed by atoms with E-state index in [4.69, 9.17) is 2.74 Å². The number of fused-ring (bicyclic) bond motifs is 1. The van der Waals surface area contributed by atoms with Crippen molar-refractivity contribution in [1.29, 1.82) is 0 Å². The van der Waals surface area contributed by atoms with Crippen LogP contribution in [0.25, 0.3) is 5.65 Å². The van der Waals surface area contributed by atoms with Crippen LogP contribution in [0, 0.1) is 11.6 Å². The van der Waals surface area contributed by atoms with Gasteiger partial charge in [0.25, 0.3) is 0 Å². The van der Waals surface area contributed by atoms with Crippen molar-refractivity contribution in [2.45, 2.75) is 31.4 Å². The predicted molar refractivity (Wildman–Crippen MR) is 110 cm³/mol. The molecule has 0 aliphatic carbocycles. The molecule has 162 valence electrons. The van der Waals surface area contributed by atoms with Gasteiger partial charge in [0.1, 0.15) is 23.1 Å². The fraction of sp³-hybridized carbons (Fsp3) is 0.381. The maximum Gasteiger partial charge on any atom is 0.322 e. The van der Waals surface area contributed by atoms with Crippen LogP contribution in [0.4, 0.5) is 25.1 Å². The standard InChI is InChI=1S/C21H22F2N6O2/c22-13-3-4-16(23)15(10-13)18-2-1-7-28(18)19-6-9-29-20(26-19)17(11-24-29)25-21(31)27-8-5-14(30)12-27/h3-4,6,9-11,14,18,30H,1-2,5,7-8,12H2,(H,25,31)/t14-,18+/m0/s1/i5D2. The van der Waals surface area contributed by atoms with Crippen LogP contribution in [0.1, 0.15) is 33.6 Å². The van der Waals surface area contributed by atoms with E-state index >= 15 is 0 Å². The number of carbonyl (C=O) groups excluding carboxylic acids is 1. The lowest BCUT2D eigenvalue weighted by Crippen LogP contribution is -2.33. The SMILES string of the molecule is [2H]C1([2H])CN(C(=O)Nc2cnn3ccc(N4CCC[C@@H]4c4cc(F)ccc4F)nc23)C[C@H]1O. The number of aromatic nitrogens is 3. The average molecular weight is 430 g/mol. The lowest BCUT2D eigenvalue weighted by molar-refractivity contribution is 0.176. The lowest BCUT2D eigenvalue weighted by atomic mass is 10.0. The Morgan fingerprint density at radius 3 is 2.97 bits per heavy atom. The topological polar surface area (TPSA) is 86.0 Å². The second kappa shape index (κ2) is 7.77. The number of nitrogens with one attached hydrogen (secondary N) is 1. The van der Waals surface area contributed by atoms with Gasteiger partial charge in [0, 0.05) is 34.1 Å². The summed E-state index contributed by atoms with van der Waals surface area (Å²) in [7, 11) is 0. The number of likely N-dealkylation sites (tertiary alicyclic amines) is 1. The summed E-state index contributed by atoms with van der Waals surface area (Å²) < 4.78 is 45.2. The lowest BCUT2D eigenvalue weighted by Gasteiger charge is -2.26. The van der Waals surface area contributed by atoms with Gasteiger partial charge in [-0.3, -0.25) is 0 Å². The van der Waals surface area contributed by atoms with E-state index in [1.165, 1.54) is 21.7 Å². The molecule has 2 aliphatic rings. The highest BCUT2D eigenvalue weighted by molar-refractivity contribution is 5.93. The van der Waals surface area contributed by atoms with E-state index in [2.05, 4.69) is 15.4 Å². The normalized spacial score (nSPS) is 23.8. The Morgan fingerprint density at radius 2 is 2.16 bits per heavy atom. The van der Waals surface area contributed by atoms with Crippen molar-refractivity contribution in [2.75, 3.05) is 29.9 Å². The van der Waals surface area contributed by atoms with E-state index in [-0.39, 0.29) is 24.7 Å². The zero-order valence-corrected chi connectivity index (χ0v) is 16.5. The van der Waals surface area contributed by atoms with Crippen LogP contribution < -0.4 is 10.2 Å². The van der Waals surface area contributed by atoms with Gasteiger partial charge in [-0.25, -0.2) is 23.1 Å². The minimum atomic E-state index is -1.87. The van der Waals surface area contributed by atoms with Crippen molar-refractivity contribution >= 4 is 23.2 Å². The molecule has 31 heavy (non-hydrogen) atoms. The molecule has 8 nitrogen and oxygen atoms in total. The maximum atomic E-state index is 14.4. The smallest absolute Gasteiger partial charge is 0.322 e. The number of urea groups is 1. The van der Waals surface area contributed by atoms with Gasteiger partial charge in [0.05, 0.1) is 18.3 Å². The largest absolute Gasteiger partial charge is 0.391 e. The van der Waals surface area contributed by atoms with E-state index in [9.17, 15) is 18.7 Å². The minimum Gasteiger partial charge on any atom is -0.391 e. The molecule has 2 N–H and O–H groups in total. The van der Waals surface area contributed by atoms with Gasteiger partial charge in [0.15, 0.2) is 5.65 Å². The highest BCUT2D eigenvalue weighted by atomic mass is 19.1. The quantitative estimate of drug-likeness (QED) is 0.667. The third-order valence-corrected chi connectivity index (χ3v) is 5.66. The summed E-state index contributed by atoms with van der Waals surface area (Å²) in [6.07, 6.45) is 1.40. The van der Waals surface area contributed by atoms with Crippen LogP contribution in [0.15, 0.2) is 36.7 Å². The number of aliphatic hydroxyl groups is 1. The molecule has 0 unspecified atom stereocenters. The molecule has 5 rings (SSSR count). The van der Waals surface area contributed by atoms with Crippen molar-refractivity contribution < 1.29 is 21.4 Å². The Bertz CT molecular complexity index is 1220. The van der Waals surface area contributed by atoms with E-state index in [0.717, 1.165) is 18.6 Å². The number of halogens is 2. The molecular weight excluding hydrogens is 406 g/mol. The van der Waals surface area contributed by atoms with Crippen molar-refractivity contribution in [3.05, 3.63) is 53.9 Å². The van der Waals surface area contributed by atoms with Crippen molar-refractivity contribution in [3.63, 3.8) is 0 Å². The Hall–Kier alpha value is -3.27. The van der Waals surface area contributed by atoms with Crippen molar-refractivity contribution in [1.82, 2.24) is 19.5 Å². The van der Waals surface area contributed by atoms with Gasteiger partial charge in [-0.1, -0.05) is 0 Å². The van der Waals surface area contributed by atoms with Crippen LogP contribution in [-0.2, 0) is 0 Å². The molecule has 0 saturated carbocycles. The Kier molecular flexibility index (Phi) is 4.36. The van der Waals surface area contributed by atoms with Crippen molar-refractivity contribution in [2.24, 2.45) is 0 Å². The molecular formula is C21H22F2N6O2. The zero-order valence-electron chi connectivity index (χ0n) is 18.5. The van der Waals surface area contributed by atoms with Crippen LogP contribution in [-0.4, -0.2) is 56.4 Å². The second-order valence-electron chi connectivity index (χ2n) is 7.66. The number of benzene rings is 1. The number of hydrogen-bond acceptors (Lipinski definition) is 5. The number of amides is 2. The summed E-state index contributed by atoms with van der Waals surface area (Å²) in [6, 6.07) is 4.22. The number of β-amino-alcohol motifs (C(OH)–C–C–N with tert-alkyl or cyclic N) is 1. The molecule has 0 bridgehead atoms. The fourth-order valence-electron chi connectivity index (χ4n) is 4.14. The first-order valence-corrected chi connectivity index (χ1v) is 10.0. The highest BCUT2D eigenvalue weighted by Gasteiger charge is 2.30. The van der Waals surface area contributed by atoms with Gasteiger partial charge in [-0.05, 0) is 43.5 Å². The molecule has 2 atom stereocenters. The molecule has 3 aromatic rings. The van der Waals surface area contributed by atoms with Gasteiger partial charge >= 0.3 is 6.03 Å². The molecule has 0 radical (unpaired) electrons. The number of aliphatic hydroxyl groups excluding tert-OH is 1. The third-order valence-electron chi connectivity index (χ3n) is 5.66. The van der Waals surface area contributed by atoms with Crippen LogP contribution in [0.2, 0.25) is 0 Å². The Labute approximate surface area is 179 Å². The maximum absolute atomic E-state index is 14.4. The minimum absolute atomic E-state index is 0.120. The zero-order chi connectivity index (χ0) is 23.3. The first-order valence-electron chi connectivity index (χ1n) is 11.0. The van der Waals surface area contributed by atoms with E-state index in [0.29, 0.717) is 30.1 Å². The second-order valence-corrected chi connectivity index (χ2v) is 7.66. The van der Waals surface area contributed by atoms with Crippen LogP contribution in [0.3, 0.4) is 0 Å². The Morgan fingerprint density at radius 1 is 1.29 bits per heavy atom. The summed E-state index contributed by atoms with van der Waals surface area (Å²) in [6.45, 7) is 0.262. The summed E-state index contributed by atoms with van der Waals surface area (Å²) in [5.41, 5.74) is 0.948. The predicted octanol–water partition coefficient (Wildman–Crippen LogP) is 2.95. The Balaban J connectivity index is 1.41. The van der Waals surface area contributed by atoms with Gasteiger partial charge < -0.3 is 20.2 Å².